The van der Waals surface area contributed by atoms with Gasteiger partial charge in [0.25, 0.3) is 0 Å². The van der Waals surface area contributed by atoms with Crippen LogP contribution >= 0.6 is 0 Å². The molecule has 0 fully saturated rings. The minimum Gasteiger partial charge on any atom is -0.462 e. The molecule has 0 radical (unpaired) electrons. The van der Waals surface area contributed by atoms with Gasteiger partial charge in [-0.25, -0.2) is 0 Å². The van der Waals surface area contributed by atoms with E-state index in [0.717, 1.165) is 64.2 Å². The summed E-state index contributed by atoms with van der Waals surface area (Å²) >= 11 is 0. The Labute approximate surface area is 240 Å². The van der Waals surface area contributed by atoms with Crippen molar-refractivity contribution < 1.29 is 28.6 Å². The van der Waals surface area contributed by atoms with E-state index in [0.29, 0.717) is 19.3 Å². The summed E-state index contributed by atoms with van der Waals surface area (Å²) in [6.07, 6.45) is 26.1. The van der Waals surface area contributed by atoms with Crippen LogP contribution in [-0.4, -0.2) is 37.2 Å². The summed E-state index contributed by atoms with van der Waals surface area (Å²) in [5, 5.41) is 0. The quantitative estimate of drug-likeness (QED) is 0.0416. The third kappa shape index (κ3) is 27.5. The molecule has 0 N–H and O–H groups in total. The second-order valence-corrected chi connectivity index (χ2v) is 10.7. The number of rotatable bonds is 28. The van der Waals surface area contributed by atoms with E-state index in [9.17, 15) is 14.4 Å². The van der Waals surface area contributed by atoms with Gasteiger partial charge in [-0.15, -0.1) is 0 Å². The molecule has 39 heavy (non-hydrogen) atoms. The molecule has 0 aliphatic heterocycles. The number of carbonyl (C=O) groups is 3. The summed E-state index contributed by atoms with van der Waals surface area (Å²) in [6, 6.07) is 0. The lowest BCUT2D eigenvalue weighted by Crippen LogP contribution is -2.30. The van der Waals surface area contributed by atoms with Crippen LogP contribution in [0.25, 0.3) is 0 Å². The lowest BCUT2D eigenvalue weighted by Gasteiger charge is -2.18. The Morgan fingerprint density at radius 2 is 0.846 bits per heavy atom. The van der Waals surface area contributed by atoms with Crippen LogP contribution < -0.4 is 0 Å². The van der Waals surface area contributed by atoms with Crippen LogP contribution in [0.4, 0.5) is 0 Å². The monoisotopic (exact) mass is 552 g/mol. The van der Waals surface area contributed by atoms with Gasteiger partial charge >= 0.3 is 17.9 Å². The molecule has 0 bridgehead atoms. The van der Waals surface area contributed by atoms with Crippen molar-refractivity contribution in [3.63, 3.8) is 0 Å². The first kappa shape index (κ1) is 37.1. The van der Waals surface area contributed by atoms with Crippen molar-refractivity contribution in [3.05, 3.63) is 12.2 Å². The maximum atomic E-state index is 12.2. The zero-order valence-electron chi connectivity index (χ0n) is 25.7. The third-order valence-electron chi connectivity index (χ3n) is 6.77. The Morgan fingerprint density at radius 3 is 1.33 bits per heavy atom. The topological polar surface area (TPSA) is 78.9 Å². The van der Waals surface area contributed by atoms with Gasteiger partial charge in [-0.2, -0.15) is 0 Å². The van der Waals surface area contributed by atoms with Crippen molar-refractivity contribution in [2.24, 2.45) is 0 Å². The van der Waals surface area contributed by atoms with E-state index >= 15 is 0 Å². The van der Waals surface area contributed by atoms with E-state index < -0.39 is 6.10 Å². The molecular formula is C33H60O6. The fourth-order valence-corrected chi connectivity index (χ4v) is 4.26. The van der Waals surface area contributed by atoms with Gasteiger partial charge in [0.15, 0.2) is 6.10 Å². The largest absolute Gasteiger partial charge is 0.462 e. The van der Waals surface area contributed by atoms with Gasteiger partial charge in [0.1, 0.15) is 13.2 Å². The van der Waals surface area contributed by atoms with Gasteiger partial charge in [0, 0.05) is 19.3 Å². The first-order valence-corrected chi connectivity index (χ1v) is 16.2. The number of ether oxygens (including phenoxy) is 3. The standard InChI is InChI=1S/C33H60O6/c1-4-7-10-11-12-13-14-15-16-17-18-19-20-21-24-26-32(35)38-29-30(39-33(36)27-23-9-6-3)28-37-31(34)25-22-8-5-2/h15-16,30H,4-14,17-29H2,1-3H3/b16-15-/t30-/m1/s1. The Balaban J connectivity index is 4.02. The molecule has 0 aromatic heterocycles. The lowest BCUT2D eigenvalue weighted by atomic mass is 10.1. The molecule has 1 atom stereocenters. The Morgan fingerprint density at radius 1 is 0.487 bits per heavy atom. The Bertz CT molecular complexity index is 615. The molecule has 0 aromatic rings. The molecule has 228 valence electrons. The normalized spacial score (nSPS) is 12.0. The zero-order valence-corrected chi connectivity index (χ0v) is 25.7. The summed E-state index contributed by atoms with van der Waals surface area (Å²) in [7, 11) is 0. The molecule has 0 unspecified atom stereocenters. The Kier molecular flexibility index (Phi) is 27.8. The van der Waals surface area contributed by atoms with E-state index in [2.05, 4.69) is 32.9 Å². The van der Waals surface area contributed by atoms with Crippen LogP contribution in [0, 0.1) is 0 Å². The first-order chi connectivity index (χ1) is 19.0. The molecular weight excluding hydrogens is 492 g/mol. The maximum Gasteiger partial charge on any atom is 0.306 e. The second kappa shape index (κ2) is 29.1. The number of allylic oxidation sites excluding steroid dienone is 2. The van der Waals surface area contributed by atoms with Crippen molar-refractivity contribution in [1.29, 1.82) is 0 Å². The highest BCUT2D eigenvalue weighted by molar-refractivity contribution is 5.71. The smallest absolute Gasteiger partial charge is 0.306 e. The SMILES string of the molecule is CCCCCCCC/C=C\CCCCCCCC(=O)OC[C@@H](COC(=O)CCCCC)OC(=O)CCCCC. The predicted molar refractivity (Wildman–Crippen MR) is 160 cm³/mol. The highest BCUT2D eigenvalue weighted by Crippen LogP contribution is 2.11. The van der Waals surface area contributed by atoms with Crippen molar-refractivity contribution >= 4 is 17.9 Å². The van der Waals surface area contributed by atoms with E-state index in [1.807, 2.05) is 0 Å². The Hall–Kier alpha value is -1.85. The van der Waals surface area contributed by atoms with Gasteiger partial charge in [0.2, 0.25) is 0 Å². The molecule has 0 rings (SSSR count). The van der Waals surface area contributed by atoms with Gasteiger partial charge in [-0.3, -0.25) is 14.4 Å². The van der Waals surface area contributed by atoms with Gasteiger partial charge in [-0.05, 0) is 44.9 Å². The van der Waals surface area contributed by atoms with Crippen LogP contribution in [0.3, 0.4) is 0 Å². The molecule has 0 aliphatic carbocycles. The minimum absolute atomic E-state index is 0.0777. The lowest BCUT2D eigenvalue weighted by molar-refractivity contribution is -0.167. The first-order valence-electron chi connectivity index (χ1n) is 16.2. The fourth-order valence-electron chi connectivity index (χ4n) is 4.26. The summed E-state index contributed by atoms with van der Waals surface area (Å²) in [5.41, 5.74) is 0. The van der Waals surface area contributed by atoms with E-state index in [-0.39, 0.29) is 31.1 Å². The van der Waals surface area contributed by atoms with E-state index in [1.54, 1.807) is 0 Å². The maximum absolute atomic E-state index is 12.2. The van der Waals surface area contributed by atoms with Crippen molar-refractivity contribution in [1.82, 2.24) is 0 Å². The molecule has 0 aliphatic rings. The average molecular weight is 553 g/mol. The van der Waals surface area contributed by atoms with Gasteiger partial charge < -0.3 is 14.2 Å². The van der Waals surface area contributed by atoms with Crippen LogP contribution in [0.5, 0.6) is 0 Å². The highest BCUT2D eigenvalue weighted by atomic mass is 16.6. The summed E-state index contributed by atoms with van der Waals surface area (Å²) in [4.78, 5) is 36.3. The van der Waals surface area contributed by atoms with Crippen LogP contribution in [0.15, 0.2) is 12.2 Å². The van der Waals surface area contributed by atoms with Crippen molar-refractivity contribution in [3.8, 4) is 0 Å². The second-order valence-electron chi connectivity index (χ2n) is 10.7. The molecule has 0 aromatic carbocycles. The van der Waals surface area contributed by atoms with Crippen LogP contribution in [-0.2, 0) is 28.6 Å². The zero-order chi connectivity index (χ0) is 28.8. The van der Waals surface area contributed by atoms with Crippen molar-refractivity contribution in [2.75, 3.05) is 13.2 Å². The number of carbonyl (C=O) groups excluding carboxylic acids is 3. The van der Waals surface area contributed by atoms with Crippen LogP contribution in [0.1, 0.15) is 162 Å². The molecule has 0 saturated heterocycles. The fraction of sp³-hybridized carbons (Fsp3) is 0.848. The summed E-state index contributed by atoms with van der Waals surface area (Å²) < 4.78 is 16.1. The summed E-state index contributed by atoms with van der Waals surface area (Å²) in [5.74, 6) is -0.951. The average Bonchev–Trinajstić information content (AvgIpc) is 2.92. The van der Waals surface area contributed by atoms with E-state index in [4.69, 9.17) is 14.2 Å². The third-order valence-corrected chi connectivity index (χ3v) is 6.77. The summed E-state index contributed by atoms with van der Waals surface area (Å²) in [6.45, 7) is 6.24. The molecule has 0 spiro atoms. The molecule has 6 nitrogen and oxygen atoms in total. The number of hydrogen-bond acceptors (Lipinski definition) is 6. The molecule has 0 saturated carbocycles. The van der Waals surface area contributed by atoms with E-state index in [1.165, 1.54) is 57.8 Å². The number of hydrogen-bond donors (Lipinski definition) is 0. The van der Waals surface area contributed by atoms with Crippen molar-refractivity contribution in [2.45, 2.75) is 168 Å². The number of unbranched alkanes of at least 4 members (excludes halogenated alkanes) is 15. The molecule has 6 heteroatoms. The molecule has 0 heterocycles. The van der Waals surface area contributed by atoms with Gasteiger partial charge in [0.05, 0.1) is 0 Å². The van der Waals surface area contributed by atoms with Crippen LogP contribution in [0.2, 0.25) is 0 Å². The molecule has 0 amide bonds. The highest BCUT2D eigenvalue weighted by Gasteiger charge is 2.19. The number of esters is 3. The predicted octanol–water partition coefficient (Wildman–Crippen LogP) is 9.18. The minimum atomic E-state index is -0.757. The van der Waals surface area contributed by atoms with Gasteiger partial charge in [-0.1, -0.05) is 110 Å².